The van der Waals surface area contributed by atoms with E-state index in [9.17, 15) is 38.7 Å². The van der Waals surface area contributed by atoms with Crippen LogP contribution in [0.1, 0.15) is 94.6 Å². The first-order valence-corrected chi connectivity index (χ1v) is 19.4. The summed E-state index contributed by atoms with van der Waals surface area (Å²) in [7, 11) is 2.86. The predicted molar refractivity (Wildman–Crippen MR) is 213 cm³/mol. The van der Waals surface area contributed by atoms with E-state index in [2.05, 4.69) is 21.3 Å². The molecule has 0 radical (unpaired) electrons. The third-order valence-corrected chi connectivity index (χ3v) is 9.15. The number of cyclic esters (lactones) is 2. The first-order chi connectivity index (χ1) is 26.8. The molecule has 5 N–H and O–H groups in total. The minimum Gasteiger partial charge on any atom is -0.497 e. The van der Waals surface area contributed by atoms with E-state index < -0.39 is 108 Å². The molecule has 17 nitrogen and oxygen atoms in total. The molecule has 0 aromatic heterocycles. The summed E-state index contributed by atoms with van der Waals surface area (Å²) in [4.78, 5) is 96.8. The van der Waals surface area contributed by atoms with Gasteiger partial charge in [-0.05, 0) is 90.0 Å². The number of amides is 5. The Morgan fingerprint density at radius 2 is 1.57 bits per heavy atom. The number of methoxy groups -OCH3 is 1. The van der Waals surface area contributed by atoms with Gasteiger partial charge >= 0.3 is 18.0 Å². The van der Waals surface area contributed by atoms with Crippen molar-refractivity contribution in [3.05, 3.63) is 41.2 Å². The molecule has 324 valence electrons. The van der Waals surface area contributed by atoms with Crippen molar-refractivity contribution in [3.8, 4) is 5.75 Å². The summed E-state index contributed by atoms with van der Waals surface area (Å²) in [5.41, 5.74) is -0.0736. The summed E-state index contributed by atoms with van der Waals surface area (Å²) in [6.07, 6.45) is -4.55. The Morgan fingerprint density at radius 1 is 0.966 bits per heavy atom. The maximum absolute atomic E-state index is 14.2. The molecule has 1 aromatic carbocycles. The van der Waals surface area contributed by atoms with Crippen molar-refractivity contribution >= 4 is 41.7 Å². The van der Waals surface area contributed by atoms with Crippen LogP contribution in [-0.2, 0) is 49.4 Å². The van der Waals surface area contributed by atoms with E-state index in [-0.39, 0.29) is 18.8 Å². The molecule has 17 heteroatoms. The zero-order valence-corrected chi connectivity index (χ0v) is 36.0. The van der Waals surface area contributed by atoms with Gasteiger partial charge in [-0.2, -0.15) is 0 Å². The number of likely N-dealkylation sites (N-methyl/N-ethyl adjacent to an activating group) is 1. The van der Waals surface area contributed by atoms with Gasteiger partial charge in [-0.1, -0.05) is 39.8 Å². The highest BCUT2D eigenvalue weighted by atomic mass is 16.6. The number of carbonyl (C=O) groups is 7. The number of hydrogen-bond donors (Lipinski definition) is 5. The Labute approximate surface area is 341 Å². The maximum atomic E-state index is 14.2. The minimum absolute atomic E-state index is 0.0675. The van der Waals surface area contributed by atoms with Crippen LogP contribution >= 0.6 is 0 Å². The number of alkyl carbamates (subject to hydrolysis) is 1. The van der Waals surface area contributed by atoms with Crippen molar-refractivity contribution in [2.75, 3.05) is 14.2 Å². The number of nitrogens with zero attached hydrogens (tertiary/aromatic N) is 1. The SMILES string of the molecule is COc1ccc(C[C@H]2C(=O)O[C@H](C)[C@H](NC(=O)OC(C)(C)C)C(=O)N[C@H](C(C)C)[C@@H](O)CC(=O)OC(=C(C)C)C(=O)N[C@@H](CC(C)C)C(=O)N[C@@H](C)C(=O)N2C)cc1. The monoisotopic (exact) mass is 817 g/mol. The van der Waals surface area contributed by atoms with E-state index >= 15 is 0 Å². The van der Waals surface area contributed by atoms with Gasteiger partial charge in [0.2, 0.25) is 17.7 Å². The number of hydrogen-bond acceptors (Lipinski definition) is 12. The fourth-order valence-electron chi connectivity index (χ4n) is 6.08. The average Bonchev–Trinajstić information content (AvgIpc) is 3.11. The van der Waals surface area contributed by atoms with Gasteiger partial charge in [0.25, 0.3) is 5.91 Å². The van der Waals surface area contributed by atoms with Gasteiger partial charge < -0.3 is 50.2 Å². The van der Waals surface area contributed by atoms with Crippen molar-refractivity contribution in [3.63, 3.8) is 0 Å². The quantitative estimate of drug-likeness (QED) is 0.152. The first-order valence-electron chi connectivity index (χ1n) is 19.4. The first kappa shape index (κ1) is 49.0. The Morgan fingerprint density at radius 3 is 2.09 bits per heavy atom. The molecule has 5 amide bonds. The van der Waals surface area contributed by atoms with Gasteiger partial charge in [-0.25, -0.2) is 9.59 Å². The molecule has 1 aliphatic heterocycles. The fraction of sp³-hybridized carbons (Fsp3) is 0.634. The number of benzene rings is 1. The molecule has 0 unspecified atom stereocenters. The summed E-state index contributed by atoms with van der Waals surface area (Å²) >= 11 is 0. The molecule has 0 aliphatic carbocycles. The number of aliphatic hydroxyl groups excluding tert-OH is 1. The molecule has 1 heterocycles. The molecule has 1 aromatic rings. The minimum atomic E-state index is -1.60. The number of carbonyl (C=O) groups excluding carboxylic acids is 7. The van der Waals surface area contributed by atoms with Crippen molar-refractivity contribution in [2.24, 2.45) is 11.8 Å². The van der Waals surface area contributed by atoms with Crippen molar-refractivity contribution in [1.29, 1.82) is 0 Å². The molecule has 1 fully saturated rings. The molecule has 7 atom stereocenters. The highest BCUT2D eigenvalue weighted by Crippen LogP contribution is 2.20. The van der Waals surface area contributed by atoms with Gasteiger partial charge in [0, 0.05) is 13.5 Å². The van der Waals surface area contributed by atoms with Crippen molar-refractivity contribution in [2.45, 2.75) is 143 Å². The van der Waals surface area contributed by atoms with E-state index in [0.29, 0.717) is 16.9 Å². The third-order valence-electron chi connectivity index (χ3n) is 9.15. The lowest BCUT2D eigenvalue weighted by molar-refractivity contribution is -0.160. The summed E-state index contributed by atoms with van der Waals surface area (Å²) in [6.45, 7) is 17.7. The smallest absolute Gasteiger partial charge is 0.408 e. The van der Waals surface area contributed by atoms with Crippen LogP contribution < -0.4 is 26.0 Å². The highest BCUT2D eigenvalue weighted by molar-refractivity contribution is 5.99. The van der Waals surface area contributed by atoms with E-state index in [1.54, 1.807) is 58.9 Å². The lowest BCUT2D eigenvalue weighted by Crippen LogP contribution is -2.59. The Hall–Kier alpha value is -5.19. The molecular formula is C41H63N5O12. The highest BCUT2D eigenvalue weighted by Gasteiger charge is 2.39. The van der Waals surface area contributed by atoms with Crippen LogP contribution in [0.25, 0.3) is 0 Å². The normalized spacial score (nSPS) is 25.1. The standard InChI is InChI=1S/C41H63N5O12/c1-21(2)18-28-35(49)42-24(7)38(52)46(12)29(19-26-14-16-27(55-13)17-15-26)39(53)56-25(8)33(45-40(54)58-41(9,10)11)36(50)44-32(22(3)4)30(47)20-31(48)57-34(23(5)6)37(51)43-28/h14-17,21-22,24-25,28-30,32-33,47H,18-20H2,1-13H3,(H,42,49)(H,43,51)(H,44,50)(H,45,54)/t24-,25+,28-,29-,30-,32+,33-/m0/s1. The number of ether oxygens (including phenoxy) is 4. The number of esters is 2. The van der Waals surface area contributed by atoms with Crippen LogP contribution in [0.5, 0.6) is 5.75 Å². The molecule has 2 rings (SSSR count). The second kappa shape index (κ2) is 21.5. The number of rotatable bonds is 7. The largest absolute Gasteiger partial charge is 0.497 e. The lowest BCUT2D eigenvalue weighted by Gasteiger charge is -2.33. The van der Waals surface area contributed by atoms with E-state index in [1.165, 1.54) is 41.9 Å². The van der Waals surface area contributed by atoms with Crippen LogP contribution in [0.3, 0.4) is 0 Å². The summed E-state index contributed by atoms with van der Waals surface area (Å²) in [5, 5.41) is 21.6. The molecular weight excluding hydrogens is 754 g/mol. The van der Waals surface area contributed by atoms with Gasteiger partial charge in [0.15, 0.2) is 5.76 Å². The second-order valence-electron chi connectivity index (χ2n) is 16.5. The van der Waals surface area contributed by atoms with Gasteiger partial charge in [-0.15, -0.1) is 0 Å². The third kappa shape index (κ3) is 15.0. The summed E-state index contributed by atoms with van der Waals surface area (Å²) in [6, 6.07) is 0.326. The molecule has 0 spiro atoms. The topological polar surface area (TPSA) is 228 Å². The molecule has 1 aliphatic rings. The zero-order chi connectivity index (χ0) is 44.2. The van der Waals surface area contributed by atoms with Gasteiger partial charge in [-0.3, -0.25) is 24.0 Å². The Balaban J connectivity index is 2.74. The summed E-state index contributed by atoms with van der Waals surface area (Å²) < 4.78 is 21.9. The molecule has 0 saturated carbocycles. The average molecular weight is 818 g/mol. The van der Waals surface area contributed by atoms with Gasteiger partial charge in [0.05, 0.1) is 25.7 Å². The van der Waals surface area contributed by atoms with Crippen LogP contribution in [0.4, 0.5) is 4.79 Å². The maximum Gasteiger partial charge on any atom is 0.408 e. The van der Waals surface area contributed by atoms with Crippen molar-refractivity contribution < 1.29 is 57.6 Å². The fourth-order valence-corrected chi connectivity index (χ4v) is 6.08. The van der Waals surface area contributed by atoms with E-state index in [0.717, 1.165) is 4.90 Å². The van der Waals surface area contributed by atoms with Crippen LogP contribution in [0.15, 0.2) is 35.6 Å². The number of aliphatic hydroxyl groups is 1. The Kier molecular flexibility index (Phi) is 18.2. The molecule has 0 bridgehead atoms. The molecule has 58 heavy (non-hydrogen) atoms. The van der Waals surface area contributed by atoms with Crippen LogP contribution in [-0.4, -0.2) is 114 Å². The predicted octanol–water partition coefficient (Wildman–Crippen LogP) is 2.67. The Bertz CT molecular complexity index is 1670. The van der Waals surface area contributed by atoms with E-state index in [1.807, 2.05) is 13.8 Å². The number of allylic oxidation sites excluding steroid dienone is 1. The second-order valence-corrected chi connectivity index (χ2v) is 16.5. The number of nitrogens with one attached hydrogen (secondary N) is 4. The van der Waals surface area contributed by atoms with Gasteiger partial charge in [0.1, 0.15) is 41.6 Å². The molecule has 1 saturated heterocycles. The summed E-state index contributed by atoms with van der Waals surface area (Å²) in [5.74, 6) is -5.57. The van der Waals surface area contributed by atoms with E-state index in [4.69, 9.17) is 18.9 Å². The lowest BCUT2D eigenvalue weighted by atomic mass is 9.95. The van der Waals surface area contributed by atoms with Crippen molar-refractivity contribution in [1.82, 2.24) is 26.2 Å². The zero-order valence-electron chi connectivity index (χ0n) is 36.0. The van der Waals surface area contributed by atoms with Crippen LogP contribution in [0, 0.1) is 11.8 Å². The van der Waals surface area contributed by atoms with Crippen LogP contribution in [0.2, 0.25) is 0 Å².